The molecule has 5 rings (SSSR count). The molecule has 1 aliphatic rings. The van der Waals surface area contributed by atoms with E-state index in [2.05, 4.69) is 99.0 Å². The van der Waals surface area contributed by atoms with E-state index < -0.39 is 0 Å². The van der Waals surface area contributed by atoms with E-state index in [0.29, 0.717) is 0 Å². The smallest absolute Gasteiger partial charge is 0.107 e. The van der Waals surface area contributed by atoms with Gasteiger partial charge in [0.2, 0.25) is 0 Å². The van der Waals surface area contributed by atoms with E-state index in [9.17, 15) is 0 Å². The van der Waals surface area contributed by atoms with Crippen molar-refractivity contribution in [2.24, 2.45) is 0 Å². The number of rotatable bonds is 8. The van der Waals surface area contributed by atoms with Gasteiger partial charge in [0.25, 0.3) is 0 Å². The van der Waals surface area contributed by atoms with E-state index in [1.807, 2.05) is 12.2 Å². The first-order chi connectivity index (χ1) is 16.2. The number of hydrogen-bond acceptors (Lipinski definition) is 0. The summed E-state index contributed by atoms with van der Waals surface area (Å²) in [6.45, 7) is 13.8. The highest BCUT2D eigenvalue weighted by Gasteiger charge is 2.31. The summed E-state index contributed by atoms with van der Waals surface area (Å²) in [5, 5.41) is 2.79. The Kier molecular flexibility index (Phi) is 8.46. The Morgan fingerprint density at radius 3 is 1.39 bits per heavy atom. The van der Waals surface area contributed by atoms with Crippen molar-refractivity contribution in [2.75, 3.05) is 41.3 Å². The molecule has 3 heterocycles. The molecule has 4 nitrogen and oxygen atoms in total. The van der Waals surface area contributed by atoms with Gasteiger partial charge in [-0.15, -0.1) is 0 Å². The lowest BCUT2D eigenvalue weighted by Crippen LogP contribution is -3.00. The number of likely N-dealkylation sites (N-methyl/N-ethyl adjacent to an activating group) is 2. The normalized spacial score (nSPS) is 13.0. The SMILES string of the molecule is C=CC[N+](C)(C)Cc1c2n(c3ccccc13)Cc1c(C[N+](C)(C)CC=C)c3ccccc3n1C2.[Br-].[Br-]. The van der Waals surface area contributed by atoms with Crippen molar-refractivity contribution in [3.05, 3.63) is 96.4 Å². The Morgan fingerprint density at radius 1 is 0.667 bits per heavy atom. The van der Waals surface area contributed by atoms with Gasteiger partial charge < -0.3 is 52.1 Å². The molecule has 0 spiro atoms. The Morgan fingerprint density at radius 2 is 1.03 bits per heavy atom. The molecule has 4 aromatic rings. The van der Waals surface area contributed by atoms with Crippen LogP contribution in [0.25, 0.3) is 21.8 Å². The molecule has 2 aromatic heterocycles. The number of hydrogen-bond donors (Lipinski definition) is 0. The van der Waals surface area contributed by atoms with Crippen molar-refractivity contribution in [3.8, 4) is 0 Å². The fourth-order valence-corrected chi connectivity index (χ4v) is 5.92. The molecule has 0 radical (unpaired) electrons. The minimum atomic E-state index is 0. The van der Waals surface area contributed by atoms with Gasteiger partial charge in [0, 0.05) is 44.3 Å². The van der Waals surface area contributed by atoms with Crippen LogP contribution in [0, 0.1) is 0 Å². The predicted molar refractivity (Wildman–Crippen MR) is 144 cm³/mol. The molecular weight excluding hydrogens is 576 g/mol. The zero-order valence-corrected chi connectivity index (χ0v) is 25.1. The van der Waals surface area contributed by atoms with Crippen LogP contribution < -0.4 is 34.0 Å². The van der Waals surface area contributed by atoms with Crippen LogP contribution >= 0.6 is 0 Å². The molecule has 0 amide bonds. The van der Waals surface area contributed by atoms with Crippen molar-refractivity contribution < 1.29 is 42.9 Å². The van der Waals surface area contributed by atoms with Crippen LogP contribution in [-0.4, -0.2) is 59.4 Å². The largest absolute Gasteiger partial charge is 1.00 e. The van der Waals surface area contributed by atoms with Crippen molar-refractivity contribution in [2.45, 2.75) is 26.2 Å². The van der Waals surface area contributed by atoms with E-state index in [-0.39, 0.29) is 34.0 Å². The van der Waals surface area contributed by atoms with Crippen LogP contribution in [0.4, 0.5) is 0 Å². The lowest BCUT2D eigenvalue weighted by molar-refractivity contribution is -0.897. The van der Waals surface area contributed by atoms with Gasteiger partial charge in [0.1, 0.15) is 13.1 Å². The maximum Gasteiger partial charge on any atom is 0.107 e. The summed E-state index contributed by atoms with van der Waals surface area (Å²) in [5.41, 5.74) is 8.58. The van der Waals surface area contributed by atoms with Gasteiger partial charge >= 0.3 is 0 Å². The third-order valence-corrected chi connectivity index (χ3v) is 7.42. The highest BCUT2D eigenvalue weighted by molar-refractivity contribution is 5.88. The summed E-state index contributed by atoms with van der Waals surface area (Å²) in [6, 6.07) is 17.9. The first kappa shape index (κ1) is 28.5. The summed E-state index contributed by atoms with van der Waals surface area (Å²) < 4.78 is 6.98. The fraction of sp³-hybridized carbons (Fsp3) is 0.333. The number of para-hydroxylation sites is 2. The van der Waals surface area contributed by atoms with E-state index >= 15 is 0 Å². The van der Waals surface area contributed by atoms with Gasteiger partial charge in [-0.25, -0.2) is 0 Å². The molecule has 6 heteroatoms. The second kappa shape index (κ2) is 10.7. The lowest BCUT2D eigenvalue weighted by atomic mass is 10.1. The highest BCUT2D eigenvalue weighted by Crippen LogP contribution is 2.38. The molecule has 0 unspecified atom stereocenters. The topological polar surface area (TPSA) is 9.86 Å². The number of nitrogens with zero attached hydrogens (tertiary/aromatic N) is 4. The maximum absolute atomic E-state index is 4.00. The molecule has 0 fully saturated rings. The Balaban J connectivity index is 0.00000180. The minimum Gasteiger partial charge on any atom is -1.00 e. The van der Waals surface area contributed by atoms with Crippen LogP contribution in [0.1, 0.15) is 22.5 Å². The standard InChI is InChI=1S/C30H38N4.2BrH/c1-7-17-33(3,4)21-25-23-13-9-11-15-27(23)31-20-30-26(22-34(5,6)18-8-2)24-14-10-12-16-28(24)32(30)19-29(25)31;;/h7-16H,1-2,17-22H2,3-6H3;2*1H/q+2;;/p-2. The van der Waals surface area contributed by atoms with Crippen LogP contribution in [0.3, 0.4) is 0 Å². The van der Waals surface area contributed by atoms with Gasteiger partial charge in [-0.1, -0.05) is 49.6 Å². The molecule has 2 aromatic carbocycles. The van der Waals surface area contributed by atoms with E-state index in [0.717, 1.165) is 48.2 Å². The number of benzene rings is 2. The zero-order valence-electron chi connectivity index (χ0n) is 22.0. The average Bonchev–Trinajstić information content (AvgIpc) is 3.25. The Bertz CT molecular complexity index is 1300. The number of aromatic nitrogens is 2. The van der Waals surface area contributed by atoms with Gasteiger partial charge in [0.15, 0.2) is 0 Å². The summed E-state index contributed by atoms with van der Waals surface area (Å²) in [4.78, 5) is 0. The van der Waals surface area contributed by atoms with Crippen LogP contribution in [0.5, 0.6) is 0 Å². The molecule has 0 aliphatic carbocycles. The summed E-state index contributed by atoms with van der Waals surface area (Å²) in [6.07, 6.45) is 4.08. The maximum atomic E-state index is 4.00. The molecule has 1 aliphatic heterocycles. The van der Waals surface area contributed by atoms with E-state index in [4.69, 9.17) is 0 Å². The van der Waals surface area contributed by atoms with Gasteiger partial charge in [-0.3, -0.25) is 0 Å². The molecule has 36 heavy (non-hydrogen) atoms. The molecular formula is C30H38Br2N4. The second-order valence-electron chi connectivity index (χ2n) is 11.2. The second-order valence-corrected chi connectivity index (χ2v) is 11.2. The molecule has 0 atom stereocenters. The first-order valence-corrected chi connectivity index (χ1v) is 12.3. The molecule has 0 bridgehead atoms. The average molecular weight is 614 g/mol. The highest BCUT2D eigenvalue weighted by atomic mass is 79.9. The molecule has 0 saturated carbocycles. The third kappa shape index (κ3) is 5.01. The van der Waals surface area contributed by atoms with E-state index in [1.165, 1.54) is 44.3 Å². The van der Waals surface area contributed by atoms with Crippen molar-refractivity contribution in [3.63, 3.8) is 0 Å². The van der Waals surface area contributed by atoms with Gasteiger partial charge in [-0.05, 0) is 24.3 Å². The zero-order chi connectivity index (χ0) is 24.1. The van der Waals surface area contributed by atoms with Crippen LogP contribution in [0.15, 0.2) is 73.8 Å². The molecule has 0 N–H and O–H groups in total. The number of halogens is 2. The first-order valence-electron chi connectivity index (χ1n) is 12.3. The summed E-state index contributed by atoms with van der Waals surface area (Å²) >= 11 is 0. The van der Waals surface area contributed by atoms with Crippen LogP contribution in [-0.2, 0) is 26.2 Å². The van der Waals surface area contributed by atoms with Crippen molar-refractivity contribution >= 4 is 21.8 Å². The summed E-state index contributed by atoms with van der Waals surface area (Å²) in [5.74, 6) is 0. The van der Waals surface area contributed by atoms with E-state index in [1.54, 1.807) is 0 Å². The third-order valence-electron chi connectivity index (χ3n) is 7.42. The monoisotopic (exact) mass is 612 g/mol. The van der Waals surface area contributed by atoms with Crippen molar-refractivity contribution in [1.82, 2.24) is 9.13 Å². The number of fused-ring (bicyclic) bond motifs is 6. The number of quaternary nitrogens is 2. The Labute approximate surface area is 236 Å². The fourth-order valence-electron chi connectivity index (χ4n) is 5.92. The molecule has 0 saturated heterocycles. The molecule has 192 valence electrons. The minimum absolute atomic E-state index is 0. The quantitative estimate of drug-likeness (QED) is 0.166. The predicted octanol–water partition coefficient (Wildman–Crippen LogP) is -0.461. The lowest BCUT2D eigenvalue weighted by Gasteiger charge is -2.31. The van der Waals surface area contributed by atoms with Gasteiger partial charge in [-0.2, -0.15) is 0 Å². The van der Waals surface area contributed by atoms with Gasteiger partial charge in [0.05, 0.1) is 54.4 Å². The summed E-state index contributed by atoms with van der Waals surface area (Å²) in [7, 11) is 9.21. The Hall–Kier alpha value is -2.12. The van der Waals surface area contributed by atoms with Crippen molar-refractivity contribution in [1.29, 1.82) is 0 Å². The van der Waals surface area contributed by atoms with Crippen LogP contribution in [0.2, 0.25) is 0 Å².